The Bertz CT molecular complexity index is 697. The van der Waals surface area contributed by atoms with Crippen molar-refractivity contribution in [2.24, 2.45) is 0 Å². The molecule has 3 rings (SSSR count). The van der Waals surface area contributed by atoms with Crippen LogP contribution < -0.4 is 5.32 Å². The summed E-state index contributed by atoms with van der Waals surface area (Å²) in [6.45, 7) is 6.82. The largest absolute Gasteiger partial charge is 0.354 e. The van der Waals surface area contributed by atoms with Crippen LogP contribution >= 0.6 is 0 Å². The minimum absolute atomic E-state index is 0.179. The van der Waals surface area contributed by atoms with Gasteiger partial charge in [-0.3, -0.25) is 9.69 Å². The van der Waals surface area contributed by atoms with Crippen LogP contribution in [0.4, 0.5) is 0 Å². The second-order valence-electron chi connectivity index (χ2n) is 6.74. The van der Waals surface area contributed by atoms with E-state index in [-0.39, 0.29) is 11.4 Å². The van der Waals surface area contributed by atoms with Gasteiger partial charge in [0.2, 0.25) is 5.91 Å². The summed E-state index contributed by atoms with van der Waals surface area (Å²) in [5.41, 5.74) is 0.926. The summed E-state index contributed by atoms with van der Waals surface area (Å²) >= 11 is 0. The van der Waals surface area contributed by atoms with Crippen molar-refractivity contribution in [1.29, 1.82) is 0 Å². The van der Waals surface area contributed by atoms with E-state index < -0.39 is 0 Å². The van der Waals surface area contributed by atoms with Crippen molar-refractivity contribution in [3.8, 4) is 0 Å². The lowest BCUT2D eigenvalue weighted by molar-refractivity contribution is -0.141. The second-order valence-corrected chi connectivity index (χ2v) is 6.74. The zero-order valence-electron chi connectivity index (χ0n) is 14.1. The quantitative estimate of drug-likeness (QED) is 0.825. The van der Waals surface area contributed by atoms with Gasteiger partial charge in [0.15, 0.2) is 0 Å². The van der Waals surface area contributed by atoms with E-state index in [1.165, 1.54) is 16.3 Å². The minimum Gasteiger partial charge on any atom is -0.354 e. The summed E-state index contributed by atoms with van der Waals surface area (Å²) in [6, 6.07) is 15.0. The van der Waals surface area contributed by atoms with Crippen molar-refractivity contribution in [2.45, 2.75) is 45.2 Å². The fourth-order valence-corrected chi connectivity index (χ4v) is 3.24. The highest BCUT2D eigenvalue weighted by atomic mass is 16.2. The Morgan fingerprint density at radius 1 is 1.22 bits per heavy atom. The molecule has 122 valence electrons. The molecule has 1 saturated heterocycles. The molecule has 23 heavy (non-hydrogen) atoms. The number of likely N-dealkylation sites (tertiary alicyclic amines) is 1. The number of hydrogen-bond acceptors (Lipinski definition) is 2. The first-order chi connectivity index (χ1) is 11.1. The molecule has 3 heteroatoms. The molecular formula is C20H26N2O. The van der Waals surface area contributed by atoms with E-state index >= 15 is 0 Å². The third-order valence-electron chi connectivity index (χ3n) is 5.06. The summed E-state index contributed by atoms with van der Waals surface area (Å²) in [6.07, 6.45) is 3.10. The zero-order valence-corrected chi connectivity index (χ0v) is 14.1. The molecule has 1 atom stereocenters. The molecular weight excluding hydrogens is 284 g/mol. The molecule has 0 radical (unpaired) electrons. The molecule has 0 bridgehead atoms. The fraction of sp³-hybridized carbons (Fsp3) is 0.450. The zero-order chi connectivity index (χ0) is 16.3. The van der Waals surface area contributed by atoms with Crippen molar-refractivity contribution in [3.05, 3.63) is 48.0 Å². The Morgan fingerprint density at radius 3 is 2.70 bits per heavy atom. The van der Waals surface area contributed by atoms with Gasteiger partial charge in [-0.2, -0.15) is 0 Å². The lowest BCUT2D eigenvalue weighted by Crippen LogP contribution is -2.65. The van der Waals surface area contributed by atoms with Gasteiger partial charge in [-0.25, -0.2) is 0 Å². The normalized spacial score (nSPS) is 21.1. The van der Waals surface area contributed by atoms with E-state index in [9.17, 15) is 4.79 Å². The molecule has 1 aliphatic rings. The van der Waals surface area contributed by atoms with Gasteiger partial charge in [-0.1, -0.05) is 49.7 Å². The smallest absolute Gasteiger partial charge is 0.240 e. The fourth-order valence-electron chi connectivity index (χ4n) is 3.24. The number of nitrogens with one attached hydrogen (secondary N) is 1. The number of carbonyl (C=O) groups is 1. The maximum Gasteiger partial charge on any atom is 0.240 e. The molecule has 1 fully saturated rings. The molecule has 1 heterocycles. The first-order valence-corrected chi connectivity index (χ1v) is 8.64. The van der Waals surface area contributed by atoms with E-state index in [0.29, 0.717) is 0 Å². The molecule has 3 nitrogen and oxygen atoms in total. The first-order valence-electron chi connectivity index (χ1n) is 8.64. The number of rotatable bonds is 6. The van der Waals surface area contributed by atoms with E-state index in [1.807, 2.05) is 0 Å². The Labute approximate surface area is 138 Å². The van der Waals surface area contributed by atoms with E-state index in [4.69, 9.17) is 0 Å². The number of benzene rings is 2. The summed E-state index contributed by atoms with van der Waals surface area (Å²) in [5.74, 6) is 0.179. The van der Waals surface area contributed by atoms with Gasteiger partial charge in [0.05, 0.1) is 5.54 Å². The van der Waals surface area contributed by atoms with Gasteiger partial charge in [0.25, 0.3) is 0 Å². The molecule has 0 aliphatic carbocycles. The van der Waals surface area contributed by atoms with E-state index in [0.717, 1.165) is 38.9 Å². The highest BCUT2D eigenvalue weighted by Gasteiger charge is 2.46. The third kappa shape index (κ3) is 3.25. The molecule has 1 N–H and O–H groups in total. The van der Waals surface area contributed by atoms with Crippen LogP contribution in [0.25, 0.3) is 10.8 Å². The number of amides is 1. The van der Waals surface area contributed by atoms with Crippen LogP contribution in [0.1, 0.15) is 38.7 Å². The Kier molecular flexibility index (Phi) is 4.67. The number of unbranched alkanes of at least 4 members (excludes halogenated alkanes) is 1. The highest BCUT2D eigenvalue weighted by Crippen LogP contribution is 2.32. The molecule has 2 aromatic rings. The standard InChI is InChI=1S/C20H26N2O/c1-3-4-12-21-19(23)20(2)11-13-22(20)15-16-9-10-17-7-5-6-8-18(17)14-16/h5-10,14H,3-4,11-13,15H2,1-2H3,(H,21,23). The molecule has 1 aliphatic heterocycles. The van der Waals surface area contributed by atoms with Gasteiger partial charge in [0.1, 0.15) is 0 Å². The average Bonchev–Trinajstić information content (AvgIpc) is 2.58. The van der Waals surface area contributed by atoms with Crippen LogP contribution in [0.15, 0.2) is 42.5 Å². The van der Waals surface area contributed by atoms with Gasteiger partial charge in [-0.05, 0) is 42.2 Å². The van der Waals surface area contributed by atoms with Crippen molar-refractivity contribution >= 4 is 16.7 Å². The summed E-state index contributed by atoms with van der Waals surface area (Å²) in [5, 5.41) is 5.62. The summed E-state index contributed by atoms with van der Waals surface area (Å²) in [4.78, 5) is 14.8. The van der Waals surface area contributed by atoms with Crippen LogP contribution in [0.3, 0.4) is 0 Å². The number of nitrogens with zero attached hydrogens (tertiary/aromatic N) is 1. The average molecular weight is 310 g/mol. The first kappa shape index (κ1) is 16.0. The van der Waals surface area contributed by atoms with Crippen molar-refractivity contribution in [2.75, 3.05) is 13.1 Å². The van der Waals surface area contributed by atoms with Crippen molar-refractivity contribution in [1.82, 2.24) is 10.2 Å². The summed E-state index contributed by atoms with van der Waals surface area (Å²) in [7, 11) is 0. The Balaban J connectivity index is 1.67. The third-order valence-corrected chi connectivity index (χ3v) is 5.06. The van der Waals surface area contributed by atoms with Gasteiger partial charge in [-0.15, -0.1) is 0 Å². The SMILES string of the molecule is CCCCNC(=O)C1(C)CCN1Cc1ccc2ccccc2c1. The van der Waals surface area contributed by atoms with Gasteiger partial charge < -0.3 is 5.32 Å². The molecule has 2 aromatic carbocycles. The number of hydrogen-bond donors (Lipinski definition) is 1. The van der Waals surface area contributed by atoms with E-state index in [1.54, 1.807) is 0 Å². The molecule has 1 unspecified atom stereocenters. The maximum absolute atomic E-state index is 12.5. The van der Waals surface area contributed by atoms with Crippen LogP contribution in [0.5, 0.6) is 0 Å². The van der Waals surface area contributed by atoms with Gasteiger partial charge >= 0.3 is 0 Å². The topological polar surface area (TPSA) is 32.3 Å². The lowest BCUT2D eigenvalue weighted by atomic mass is 9.85. The number of carbonyl (C=O) groups excluding carboxylic acids is 1. The van der Waals surface area contributed by atoms with Crippen molar-refractivity contribution in [3.63, 3.8) is 0 Å². The van der Waals surface area contributed by atoms with Crippen LogP contribution in [0, 0.1) is 0 Å². The molecule has 0 spiro atoms. The van der Waals surface area contributed by atoms with Crippen LogP contribution in [0.2, 0.25) is 0 Å². The lowest BCUT2D eigenvalue weighted by Gasteiger charge is -2.49. The highest BCUT2D eigenvalue weighted by molar-refractivity contribution is 5.87. The van der Waals surface area contributed by atoms with E-state index in [2.05, 4.69) is 66.5 Å². The molecule has 0 aromatic heterocycles. The Morgan fingerprint density at radius 2 is 2.00 bits per heavy atom. The molecule has 0 saturated carbocycles. The van der Waals surface area contributed by atoms with Crippen LogP contribution in [-0.4, -0.2) is 29.4 Å². The Hall–Kier alpha value is -1.87. The predicted octanol–water partition coefficient (Wildman–Crippen LogP) is 3.72. The molecule has 1 amide bonds. The number of fused-ring (bicyclic) bond motifs is 1. The monoisotopic (exact) mass is 310 g/mol. The maximum atomic E-state index is 12.5. The predicted molar refractivity (Wildman–Crippen MR) is 95.3 cm³/mol. The van der Waals surface area contributed by atoms with Gasteiger partial charge in [0, 0.05) is 19.6 Å². The minimum atomic E-state index is -0.348. The second kappa shape index (κ2) is 6.71. The summed E-state index contributed by atoms with van der Waals surface area (Å²) < 4.78 is 0. The van der Waals surface area contributed by atoms with Crippen molar-refractivity contribution < 1.29 is 4.79 Å². The van der Waals surface area contributed by atoms with Crippen LogP contribution in [-0.2, 0) is 11.3 Å².